The predicted octanol–water partition coefficient (Wildman–Crippen LogP) is 2.71. The number of rotatable bonds is 5. The van der Waals surface area contributed by atoms with Crippen LogP contribution < -0.4 is 4.72 Å². The van der Waals surface area contributed by atoms with Crippen molar-refractivity contribution >= 4 is 21.6 Å². The first kappa shape index (κ1) is 20.8. The van der Waals surface area contributed by atoms with Crippen molar-refractivity contribution in [1.82, 2.24) is 4.72 Å². The molecule has 0 aromatic heterocycles. The number of phenols is 2. The number of ketones is 2. The summed E-state index contributed by atoms with van der Waals surface area (Å²) >= 11 is 0. The summed E-state index contributed by atoms with van der Waals surface area (Å²) in [4.78, 5) is 25.7. The predicted molar refractivity (Wildman–Crippen MR) is 107 cm³/mol. The largest absolute Gasteiger partial charge is 0.507 e. The van der Waals surface area contributed by atoms with Crippen molar-refractivity contribution in [3.63, 3.8) is 0 Å². The van der Waals surface area contributed by atoms with Crippen molar-refractivity contribution < 1.29 is 28.2 Å². The van der Waals surface area contributed by atoms with Crippen LogP contribution in [0.15, 0.2) is 52.9 Å². The van der Waals surface area contributed by atoms with Gasteiger partial charge in [-0.2, -0.15) is 0 Å². The molecule has 8 heteroatoms. The topological polar surface area (TPSA) is 121 Å². The molecule has 1 aliphatic carbocycles. The number of fused-ring (bicyclic) bond motifs is 1. The monoisotopic (exact) mass is 415 g/mol. The van der Waals surface area contributed by atoms with E-state index in [1.165, 1.54) is 6.07 Å². The summed E-state index contributed by atoms with van der Waals surface area (Å²) in [5.41, 5.74) is -0.165. The van der Waals surface area contributed by atoms with Gasteiger partial charge in [0.05, 0.1) is 22.1 Å². The number of aryl methyl sites for hydroxylation is 1. The van der Waals surface area contributed by atoms with Gasteiger partial charge in [-0.15, -0.1) is 0 Å². The number of benzene rings is 2. The molecule has 0 bridgehead atoms. The molecule has 0 radical (unpaired) electrons. The summed E-state index contributed by atoms with van der Waals surface area (Å²) in [5, 5.41) is 20.0. The zero-order valence-electron chi connectivity index (χ0n) is 16.1. The van der Waals surface area contributed by atoms with Crippen LogP contribution in [0, 0.1) is 12.8 Å². The second-order valence-corrected chi connectivity index (χ2v) is 8.94. The molecule has 29 heavy (non-hydrogen) atoms. The first-order chi connectivity index (χ1) is 13.5. The van der Waals surface area contributed by atoms with E-state index in [2.05, 4.69) is 4.72 Å². The van der Waals surface area contributed by atoms with Crippen LogP contribution in [-0.2, 0) is 10.0 Å². The molecule has 152 valence electrons. The zero-order valence-corrected chi connectivity index (χ0v) is 16.9. The van der Waals surface area contributed by atoms with E-state index < -0.39 is 39.1 Å². The van der Waals surface area contributed by atoms with Crippen LogP contribution in [-0.4, -0.2) is 36.2 Å². The van der Waals surface area contributed by atoms with Crippen LogP contribution in [0.5, 0.6) is 11.5 Å². The van der Waals surface area contributed by atoms with Crippen LogP contribution in [0.4, 0.5) is 0 Å². The third kappa shape index (κ3) is 3.68. The second-order valence-electron chi connectivity index (χ2n) is 7.26. The molecule has 0 amide bonds. The van der Waals surface area contributed by atoms with Crippen LogP contribution in [0.3, 0.4) is 0 Å². The molecule has 2 aromatic carbocycles. The Labute approximate surface area is 168 Å². The summed E-state index contributed by atoms with van der Waals surface area (Å²) < 4.78 is 28.4. The van der Waals surface area contributed by atoms with E-state index in [0.717, 1.165) is 18.2 Å². The fourth-order valence-electron chi connectivity index (χ4n) is 3.36. The minimum Gasteiger partial charge on any atom is -0.507 e. The molecule has 0 heterocycles. The van der Waals surface area contributed by atoms with Gasteiger partial charge >= 0.3 is 0 Å². The number of aromatic hydroxyl groups is 2. The Morgan fingerprint density at radius 1 is 0.931 bits per heavy atom. The molecule has 1 atom stereocenters. The van der Waals surface area contributed by atoms with Gasteiger partial charge in [0.1, 0.15) is 11.5 Å². The number of hydrogen-bond acceptors (Lipinski definition) is 6. The maximum atomic E-state index is 13.0. The first-order valence-electron chi connectivity index (χ1n) is 8.98. The highest BCUT2D eigenvalue weighted by Gasteiger charge is 2.37. The Bertz CT molecular complexity index is 1150. The van der Waals surface area contributed by atoms with E-state index in [0.29, 0.717) is 5.56 Å². The lowest BCUT2D eigenvalue weighted by molar-refractivity contribution is 0.0971. The standard InChI is InChI=1S/C21H21NO6S/c1-11(2)20(22-29(27,28)17-7-5-4-6-12(17)3)13-10-16(25)18-14(23)8-9-15(24)19(18)21(13)26/h4-11,20,22-24H,1-3H3. The average molecular weight is 415 g/mol. The normalized spacial score (nSPS) is 15.2. The summed E-state index contributed by atoms with van der Waals surface area (Å²) in [7, 11) is -3.99. The van der Waals surface area contributed by atoms with E-state index in [1.54, 1.807) is 39.0 Å². The van der Waals surface area contributed by atoms with Crippen molar-refractivity contribution in [3.8, 4) is 11.5 Å². The van der Waals surface area contributed by atoms with Gasteiger partial charge in [-0.25, -0.2) is 13.1 Å². The number of nitrogens with one attached hydrogen (secondary N) is 1. The fraction of sp³-hybridized carbons (Fsp3) is 0.238. The number of carbonyl (C=O) groups excluding carboxylic acids is 2. The Kier molecular flexibility index (Phi) is 5.34. The number of allylic oxidation sites excluding steroid dienone is 1. The lowest BCUT2D eigenvalue weighted by Crippen LogP contribution is -2.43. The van der Waals surface area contributed by atoms with Crippen molar-refractivity contribution in [3.05, 3.63) is 64.7 Å². The van der Waals surface area contributed by atoms with Gasteiger partial charge in [0, 0.05) is 5.57 Å². The highest BCUT2D eigenvalue weighted by molar-refractivity contribution is 7.89. The van der Waals surface area contributed by atoms with E-state index >= 15 is 0 Å². The number of sulfonamides is 1. The van der Waals surface area contributed by atoms with Gasteiger partial charge in [-0.1, -0.05) is 32.0 Å². The van der Waals surface area contributed by atoms with Gasteiger partial charge in [-0.05, 0) is 42.7 Å². The van der Waals surface area contributed by atoms with Crippen molar-refractivity contribution in [1.29, 1.82) is 0 Å². The Hall–Kier alpha value is -2.97. The van der Waals surface area contributed by atoms with Gasteiger partial charge in [-0.3, -0.25) is 9.59 Å². The molecule has 1 unspecified atom stereocenters. The van der Waals surface area contributed by atoms with E-state index in [-0.39, 0.29) is 27.5 Å². The zero-order chi connectivity index (χ0) is 21.5. The lowest BCUT2D eigenvalue weighted by Gasteiger charge is -2.27. The third-order valence-corrected chi connectivity index (χ3v) is 6.45. The summed E-state index contributed by atoms with van der Waals surface area (Å²) in [6.07, 6.45) is 1.02. The third-order valence-electron chi connectivity index (χ3n) is 4.85. The maximum absolute atomic E-state index is 13.0. The molecule has 0 saturated heterocycles. The molecule has 3 rings (SSSR count). The van der Waals surface area contributed by atoms with E-state index in [9.17, 15) is 28.2 Å². The molecule has 0 spiro atoms. The molecule has 0 fully saturated rings. The van der Waals surface area contributed by atoms with Gasteiger partial charge in [0.2, 0.25) is 10.0 Å². The Morgan fingerprint density at radius 2 is 1.52 bits per heavy atom. The SMILES string of the molecule is Cc1ccccc1S(=O)(=O)NC(C1=CC(=O)c2c(O)ccc(O)c2C1=O)C(C)C. The number of Topliss-reactive ketones (excluding diaryl/α,β-unsaturated/α-hetero) is 1. The number of carbonyl (C=O) groups is 2. The minimum absolute atomic E-state index is 0.0710. The molecular formula is C21H21NO6S. The van der Waals surface area contributed by atoms with E-state index in [4.69, 9.17) is 0 Å². The number of hydrogen-bond donors (Lipinski definition) is 3. The van der Waals surface area contributed by atoms with Crippen molar-refractivity contribution in [2.24, 2.45) is 5.92 Å². The highest BCUT2D eigenvalue weighted by Crippen LogP contribution is 2.36. The van der Waals surface area contributed by atoms with Crippen molar-refractivity contribution in [2.45, 2.75) is 31.7 Å². The fourth-order valence-corrected chi connectivity index (χ4v) is 4.97. The van der Waals surface area contributed by atoms with Crippen LogP contribution in [0.25, 0.3) is 0 Å². The molecule has 0 saturated carbocycles. The Balaban J connectivity index is 2.07. The molecule has 0 aliphatic heterocycles. The minimum atomic E-state index is -3.99. The highest BCUT2D eigenvalue weighted by atomic mass is 32.2. The van der Waals surface area contributed by atoms with Gasteiger partial charge < -0.3 is 10.2 Å². The first-order valence-corrected chi connectivity index (χ1v) is 10.5. The van der Waals surface area contributed by atoms with Crippen LogP contribution in [0.2, 0.25) is 0 Å². The van der Waals surface area contributed by atoms with Gasteiger partial charge in [0.15, 0.2) is 11.6 Å². The second kappa shape index (κ2) is 7.46. The molecule has 7 nitrogen and oxygen atoms in total. The summed E-state index contributed by atoms with van der Waals surface area (Å²) in [6, 6.07) is 7.65. The van der Waals surface area contributed by atoms with Gasteiger partial charge in [0.25, 0.3) is 0 Å². The number of phenolic OH excluding ortho intramolecular Hbond substituents is 2. The molecule has 1 aliphatic rings. The molecule has 3 N–H and O–H groups in total. The smallest absolute Gasteiger partial charge is 0.241 e. The maximum Gasteiger partial charge on any atom is 0.241 e. The van der Waals surface area contributed by atoms with Crippen molar-refractivity contribution in [2.75, 3.05) is 0 Å². The lowest BCUT2D eigenvalue weighted by atomic mass is 9.82. The van der Waals surface area contributed by atoms with E-state index in [1.807, 2.05) is 0 Å². The van der Waals surface area contributed by atoms with Crippen LogP contribution in [0.1, 0.15) is 40.1 Å². The van der Waals surface area contributed by atoms with Crippen LogP contribution >= 0.6 is 0 Å². The summed E-state index contributed by atoms with van der Waals surface area (Å²) in [6.45, 7) is 5.08. The quantitative estimate of drug-likeness (QED) is 0.646. The molecule has 2 aromatic rings. The molecular weight excluding hydrogens is 394 g/mol. The Morgan fingerprint density at radius 3 is 2.10 bits per heavy atom. The average Bonchev–Trinajstić information content (AvgIpc) is 2.64. The summed E-state index contributed by atoms with van der Waals surface area (Å²) in [5.74, 6) is -2.64.